The van der Waals surface area contributed by atoms with Crippen molar-refractivity contribution in [2.75, 3.05) is 35.2 Å². The Labute approximate surface area is 172 Å². The van der Waals surface area contributed by atoms with Gasteiger partial charge in [-0.3, -0.25) is 4.98 Å². The molecule has 1 unspecified atom stereocenters. The fraction of sp³-hybridized carbons (Fsp3) is 0.286. The molecule has 1 aliphatic rings. The summed E-state index contributed by atoms with van der Waals surface area (Å²) in [7, 11) is 0. The van der Waals surface area contributed by atoms with Crippen molar-refractivity contribution in [3.05, 3.63) is 48.3 Å². The second-order valence-electron chi connectivity index (χ2n) is 7.22. The number of para-hydroxylation sites is 1. The van der Waals surface area contributed by atoms with Crippen molar-refractivity contribution in [3.63, 3.8) is 0 Å². The van der Waals surface area contributed by atoms with Crippen LogP contribution in [0.2, 0.25) is 0 Å². The second-order valence-corrected chi connectivity index (χ2v) is 8.44. The zero-order chi connectivity index (χ0) is 20.0. The number of hydrogen-bond donors (Lipinski definition) is 2. The van der Waals surface area contributed by atoms with Crippen LogP contribution in [-0.4, -0.2) is 49.3 Å². The molecule has 0 saturated carbocycles. The van der Waals surface area contributed by atoms with Gasteiger partial charge in [0.1, 0.15) is 11.6 Å². The topological polar surface area (TPSA) is 92.6 Å². The lowest BCUT2D eigenvalue weighted by molar-refractivity contribution is 0.199. The van der Waals surface area contributed by atoms with E-state index >= 15 is 0 Å². The van der Waals surface area contributed by atoms with Gasteiger partial charge in [-0.05, 0) is 19.1 Å². The van der Waals surface area contributed by atoms with Crippen molar-refractivity contribution in [2.24, 2.45) is 0 Å². The molecule has 1 fully saturated rings. The summed E-state index contributed by atoms with van der Waals surface area (Å²) >= 11 is 1.93. The van der Waals surface area contributed by atoms with E-state index in [1.165, 1.54) is 0 Å². The fourth-order valence-corrected chi connectivity index (χ4v) is 4.76. The van der Waals surface area contributed by atoms with Crippen LogP contribution in [0.5, 0.6) is 0 Å². The number of anilines is 2. The monoisotopic (exact) mass is 406 g/mol. The van der Waals surface area contributed by atoms with Crippen LogP contribution in [0.4, 0.5) is 11.6 Å². The number of benzene rings is 1. The van der Waals surface area contributed by atoms with Gasteiger partial charge in [0.05, 0.1) is 23.4 Å². The fourth-order valence-electron chi connectivity index (χ4n) is 3.85. The van der Waals surface area contributed by atoms with E-state index in [1.807, 2.05) is 42.2 Å². The maximum atomic E-state index is 10.4. The zero-order valence-corrected chi connectivity index (χ0v) is 16.9. The van der Waals surface area contributed by atoms with Crippen molar-refractivity contribution in [3.8, 4) is 11.1 Å². The Morgan fingerprint density at radius 1 is 1.17 bits per heavy atom. The van der Waals surface area contributed by atoms with E-state index in [0.29, 0.717) is 17.0 Å². The molecule has 29 heavy (non-hydrogen) atoms. The summed E-state index contributed by atoms with van der Waals surface area (Å²) in [5.41, 5.74) is 10.5. The van der Waals surface area contributed by atoms with E-state index in [9.17, 15) is 5.11 Å². The molecule has 5 rings (SSSR count). The predicted molar refractivity (Wildman–Crippen MR) is 118 cm³/mol. The number of fused-ring (bicyclic) bond motifs is 2. The predicted octanol–water partition coefficient (Wildman–Crippen LogP) is 3.13. The number of aromatic nitrogens is 4. The van der Waals surface area contributed by atoms with Gasteiger partial charge >= 0.3 is 0 Å². The van der Waals surface area contributed by atoms with Crippen LogP contribution in [0.25, 0.3) is 27.7 Å². The van der Waals surface area contributed by atoms with Crippen molar-refractivity contribution < 1.29 is 5.11 Å². The SMILES string of the molecule is CC(O)c1c(N2CCSCC2)nc2c(-c3cnc4ccccc4c3)cnn2c1N. The maximum absolute atomic E-state index is 10.4. The lowest BCUT2D eigenvalue weighted by atomic mass is 10.1. The third-order valence-electron chi connectivity index (χ3n) is 5.33. The van der Waals surface area contributed by atoms with Gasteiger partial charge < -0.3 is 15.7 Å². The molecule has 0 spiro atoms. The first kappa shape index (κ1) is 18.2. The number of hydrogen-bond acceptors (Lipinski definition) is 7. The average molecular weight is 407 g/mol. The van der Waals surface area contributed by atoms with Gasteiger partial charge in [-0.25, -0.2) is 4.98 Å². The smallest absolute Gasteiger partial charge is 0.167 e. The number of nitrogens with zero attached hydrogens (tertiary/aromatic N) is 5. The normalized spacial score (nSPS) is 15.9. The van der Waals surface area contributed by atoms with Gasteiger partial charge in [-0.1, -0.05) is 18.2 Å². The lowest BCUT2D eigenvalue weighted by Gasteiger charge is -2.30. The van der Waals surface area contributed by atoms with Crippen LogP contribution in [-0.2, 0) is 0 Å². The van der Waals surface area contributed by atoms with Crippen LogP contribution in [0.15, 0.2) is 42.7 Å². The highest BCUT2D eigenvalue weighted by Crippen LogP contribution is 2.35. The molecule has 1 saturated heterocycles. The number of nitrogen functional groups attached to an aromatic ring is 1. The van der Waals surface area contributed by atoms with E-state index in [1.54, 1.807) is 17.6 Å². The average Bonchev–Trinajstić information content (AvgIpc) is 3.18. The molecule has 1 aromatic carbocycles. The van der Waals surface area contributed by atoms with Gasteiger partial charge in [0.25, 0.3) is 0 Å². The molecule has 0 amide bonds. The lowest BCUT2D eigenvalue weighted by Crippen LogP contribution is -2.34. The largest absolute Gasteiger partial charge is 0.388 e. The third-order valence-corrected chi connectivity index (χ3v) is 6.27. The van der Waals surface area contributed by atoms with E-state index in [-0.39, 0.29) is 0 Å². The Morgan fingerprint density at radius 3 is 2.76 bits per heavy atom. The Morgan fingerprint density at radius 2 is 1.97 bits per heavy atom. The highest BCUT2D eigenvalue weighted by Gasteiger charge is 2.25. The minimum Gasteiger partial charge on any atom is -0.388 e. The van der Waals surface area contributed by atoms with Crippen molar-refractivity contribution in [1.82, 2.24) is 19.6 Å². The van der Waals surface area contributed by atoms with Crippen LogP contribution < -0.4 is 10.6 Å². The molecular formula is C21H22N6OS. The summed E-state index contributed by atoms with van der Waals surface area (Å²) in [4.78, 5) is 11.7. The molecule has 4 heterocycles. The van der Waals surface area contributed by atoms with Gasteiger partial charge in [0.2, 0.25) is 0 Å². The summed E-state index contributed by atoms with van der Waals surface area (Å²) < 4.78 is 1.62. The zero-order valence-electron chi connectivity index (χ0n) is 16.1. The van der Waals surface area contributed by atoms with Crippen molar-refractivity contribution in [2.45, 2.75) is 13.0 Å². The molecule has 148 valence electrons. The number of aliphatic hydroxyl groups is 1. The quantitative estimate of drug-likeness (QED) is 0.540. The molecule has 7 nitrogen and oxygen atoms in total. The summed E-state index contributed by atoms with van der Waals surface area (Å²) in [6, 6.07) is 10.1. The highest BCUT2D eigenvalue weighted by atomic mass is 32.2. The Balaban J connectivity index is 1.72. The van der Waals surface area contributed by atoms with Crippen LogP contribution in [0.3, 0.4) is 0 Å². The molecule has 0 radical (unpaired) electrons. The third kappa shape index (κ3) is 3.08. The summed E-state index contributed by atoms with van der Waals surface area (Å²) in [5, 5.41) is 15.9. The summed E-state index contributed by atoms with van der Waals surface area (Å²) in [5.74, 6) is 3.25. The number of pyridine rings is 1. The van der Waals surface area contributed by atoms with Crippen molar-refractivity contribution >= 4 is 39.9 Å². The highest BCUT2D eigenvalue weighted by molar-refractivity contribution is 7.99. The Kier molecular flexibility index (Phi) is 4.52. The van der Waals surface area contributed by atoms with E-state index < -0.39 is 6.10 Å². The van der Waals surface area contributed by atoms with E-state index in [2.05, 4.69) is 21.0 Å². The van der Waals surface area contributed by atoms with Crippen LogP contribution in [0, 0.1) is 0 Å². The first-order valence-electron chi connectivity index (χ1n) is 9.66. The second kappa shape index (κ2) is 7.20. The van der Waals surface area contributed by atoms with Gasteiger partial charge in [-0.2, -0.15) is 21.4 Å². The molecule has 0 aliphatic carbocycles. The molecule has 3 aromatic heterocycles. The summed E-state index contributed by atoms with van der Waals surface area (Å²) in [6.45, 7) is 3.49. The number of rotatable bonds is 3. The first-order chi connectivity index (χ1) is 14.1. The summed E-state index contributed by atoms with van der Waals surface area (Å²) in [6.07, 6.45) is 2.88. The van der Waals surface area contributed by atoms with E-state index in [4.69, 9.17) is 10.7 Å². The maximum Gasteiger partial charge on any atom is 0.167 e. The minimum absolute atomic E-state index is 0.429. The molecule has 1 atom stereocenters. The van der Waals surface area contributed by atoms with Crippen LogP contribution >= 0.6 is 11.8 Å². The van der Waals surface area contributed by atoms with Gasteiger partial charge in [0, 0.05) is 47.3 Å². The molecule has 8 heteroatoms. The number of aliphatic hydroxyl groups excluding tert-OH is 1. The van der Waals surface area contributed by atoms with E-state index in [0.717, 1.165) is 52.4 Å². The van der Waals surface area contributed by atoms with Crippen molar-refractivity contribution in [1.29, 1.82) is 0 Å². The molecule has 1 aliphatic heterocycles. The number of thioether (sulfide) groups is 1. The van der Waals surface area contributed by atoms with Crippen LogP contribution in [0.1, 0.15) is 18.6 Å². The molecular weight excluding hydrogens is 384 g/mol. The molecule has 0 bridgehead atoms. The standard InChI is InChI=1S/C21H22N6OS/c1-13(28)18-19(22)27-20(25-21(18)26-6-8-29-9-7-26)16(12-24-27)15-10-14-4-2-3-5-17(14)23-11-15/h2-5,10-13,28H,6-9,22H2,1H3. The van der Waals surface area contributed by atoms with Gasteiger partial charge in [0.15, 0.2) is 5.65 Å². The van der Waals surface area contributed by atoms with Gasteiger partial charge in [-0.15, -0.1) is 0 Å². The minimum atomic E-state index is -0.730. The molecule has 4 aromatic rings. The molecule has 3 N–H and O–H groups in total. The first-order valence-corrected chi connectivity index (χ1v) is 10.8. The Hall–Kier alpha value is -2.84. The Bertz CT molecular complexity index is 1200. The number of nitrogens with two attached hydrogens (primary N) is 1.